The highest BCUT2D eigenvalue weighted by atomic mass is 15.1. The molecular weight excluding hydrogens is 266 g/mol. The average Bonchev–Trinajstić information content (AvgIpc) is 3.13. The van der Waals surface area contributed by atoms with Gasteiger partial charge in [0.1, 0.15) is 17.5 Å². The van der Waals surface area contributed by atoms with Crippen molar-refractivity contribution in [1.82, 2.24) is 29.3 Å². The van der Waals surface area contributed by atoms with E-state index in [-0.39, 0.29) is 0 Å². The summed E-state index contributed by atoms with van der Waals surface area (Å²) in [5, 5.41) is 3.29. The summed E-state index contributed by atoms with van der Waals surface area (Å²) in [7, 11) is 0. The Kier molecular flexibility index (Phi) is 2.74. The Morgan fingerprint density at radius 3 is 3.14 bits per heavy atom. The van der Waals surface area contributed by atoms with Crippen LogP contribution in [-0.4, -0.2) is 35.9 Å². The van der Waals surface area contributed by atoms with Gasteiger partial charge in [0.05, 0.1) is 12.0 Å². The second kappa shape index (κ2) is 4.86. The van der Waals surface area contributed by atoms with Gasteiger partial charge in [0.2, 0.25) is 0 Å². The van der Waals surface area contributed by atoms with Crippen LogP contribution in [0.1, 0.15) is 5.69 Å². The van der Waals surface area contributed by atoms with Crippen LogP contribution in [0.4, 0.5) is 5.82 Å². The Morgan fingerprint density at radius 1 is 1.19 bits per heavy atom. The highest BCUT2D eigenvalue weighted by Crippen LogP contribution is 2.14. The molecule has 0 aliphatic heterocycles. The predicted molar refractivity (Wildman–Crippen MR) is 79.1 cm³/mol. The molecule has 0 saturated carbocycles. The molecule has 0 aromatic carbocycles. The van der Waals surface area contributed by atoms with E-state index in [1.54, 1.807) is 6.33 Å². The van der Waals surface area contributed by atoms with Gasteiger partial charge < -0.3 is 14.7 Å². The average molecular weight is 279 g/mol. The monoisotopic (exact) mass is 279 g/mol. The van der Waals surface area contributed by atoms with Crippen LogP contribution in [0.3, 0.4) is 0 Å². The molecule has 7 heteroatoms. The van der Waals surface area contributed by atoms with E-state index in [4.69, 9.17) is 0 Å². The summed E-state index contributed by atoms with van der Waals surface area (Å²) < 4.78 is 2.02. The Morgan fingerprint density at radius 2 is 2.19 bits per heavy atom. The minimum Gasteiger partial charge on any atom is -0.368 e. The molecule has 4 aromatic rings. The van der Waals surface area contributed by atoms with Crippen molar-refractivity contribution < 1.29 is 0 Å². The first-order chi connectivity index (χ1) is 10.4. The first-order valence-electron chi connectivity index (χ1n) is 6.71. The molecule has 0 radical (unpaired) electrons. The Hall–Kier alpha value is -2.96. The Labute approximate surface area is 120 Å². The van der Waals surface area contributed by atoms with Crippen molar-refractivity contribution in [1.29, 1.82) is 0 Å². The van der Waals surface area contributed by atoms with Crippen molar-refractivity contribution in [2.45, 2.75) is 6.42 Å². The molecule has 0 fully saturated rings. The van der Waals surface area contributed by atoms with Crippen molar-refractivity contribution in [2.24, 2.45) is 0 Å². The zero-order valence-electron chi connectivity index (χ0n) is 11.2. The fourth-order valence-electron chi connectivity index (χ4n) is 2.32. The molecule has 0 aliphatic carbocycles. The maximum Gasteiger partial charge on any atom is 0.182 e. The molecule has 7 nitrogen and oxygen atoms in total. The van der Waals surface area contributed by atoms with Gasteiger partial charge in [0.15, 0.2) is 11.5 Å². The summed E-state index contributed by atoms with van der Waals surface area (Å²) >= 11 is 0. The number of rotatable bonds is 4. The molecule has 4 aromatic heterocycles. The molecule has 21 heavy (non-hydrogen) atoms. The zero-order valence-corrected chi connectivity index (χ0v) is 11.2. The van der Waals surface area contributed by atoms with Crippen LogP contribution >= 0.6 is 0 Å². The molecular formula is C14H13N7. The standard InChI is InChI=1S/C14H13N7/c1-2-6-21-7-10(20-11(21)3-1)4-5-15-13-12-14(17-8-16-12)19-9-18-13/h1-3,6-9H,4-5H2,(H2,15,16,17,18,19). The number of nitrogens with one attached hydrogen (secondary N) is 2. The minimum atomic E-state index is 0.667. The molecule has 2 N–H and O–H groups in total. The zero-order chi connectivity index (χ0) is 14.1. The largest absolute Gasteiger partial charge is 0.368 e. The molecule has 4 heterocycles. The van der Waals surface area contributed by atoms with Crippen LogP contribution in [0.25, 0.3) is 16.8 Å². The topological polar surface area (TPSA) is 83.8 Å². The van der Waals surface area contributed by atoms with E-state index in [1.165, 1.54) is 6.33 Å². The quantitative estimate of drug-likeness (QED) is 0.593. The lowest BCUT2D eigenvalue weighted by Crippen LogP contribution is -2.07. The minimum absolute atomic E-state index is 0.667. The van der Waals surface area contributed by atoms with E-state index in [9.17, 15) is 0 Å². The van der Waals surface area contributed by atoms with Gasteiger partial charge in [-0.15, -0.1) is 0 Å². The highest BCUT2D eigenvalue weighted by molar-refractivity contribution is 5.81. The van der Waals surface area contributed by atoms with Gasteiger partial charge in [-0.3, -0.25) is 0 Å². The number of imidazole rings is 2. The van der Waals surface area contributed by atoms with E-state index in [1.807, 2.05) is 35.0 Å². The maximum atomic E-state index is 4.57. The van der Waals surface area contributed by atoms with Crippen molar-refractivity contribution >= 4 is 22.6 Å². The number of aromatic nitrogens is 6. The fraction of sp³-hybridized carbons (Fsp3) is 0.143. The summed E-state index contributed by atoms with van der Waals surface area (Å²) in [6, 6.07) is 5.97. The Balaban J connectivity index is 1.48. The summed E-state index contributed by atoms with van der Waals surface area (Å²) in [5.74, 6) is 0.765. The molecule has 104 valence electrons. The van der Waals surface area contributed by atoms with Crippen LogP contribution in [0, 0.1) is 0 Å². The molecule has 0 saturated heterocycles. The second-order valence-electron chi connectivity index (χ2n) is 4.70. The lowest BCUT2D eigenvalue weighted by Gasteiger charge is -2.04. The predicted octanol–water partition coefficient (Wildman–Crippen LogP) is 1.66. The fourth-order valence-corrected chi connectivity index (χ4v) is 2.32. The third kappa shape index (κ3) is 2.18. The number of hydrogen-bond acceptors (Lipinski definition) is 5. The van der Waals surface area contributed by atoms with Crippen LogP contribution < -0.4 is 5.32 Å². The van der Waals surface area contributed by atoms with Gasteiger partial charge in [0, 0.05) is 25.4 Å². The van der Waals surface area contributed by atoms with Gasteiger partial charge in [0.25, 0.3) is 0 Å². The van der Waals surface area contributed by atoms with E-state index in [2.05, 4.69) is 30.2 Å². The summed E-state index contributed by atoms with van der Waals surface area (Å²) in [4.78, 5) is 20.0. The molecule has 0 unspecified atom stereocenters. The second-order valence-corrected chi connectivity index (χ2v) is 4.70. The number of H-pyrrole nitrogens is 1. The van der Waals surface area contributed by atoms with Gasteiger partial charge >= 0.3 is 0 Å². The number of anilines is 1. The smallest absolute Gasteiger partial charge is 0.182 e. The first kappa shape index (κ1) is 11.8. The van der Waals surface area contributed by atoms with E-state index in [0.717, 1.165) is 35.6 Å². The van der Waals surface area contributed by atoms with Crippen LogP contribution in [0.2, 0.25) is 0 Å². The van der Waals surface area contributed by atoms with Gasteiger partial charge in [-0.2, -0.15) is 0 Å². The van der Waals surface area contributed by atoms with Crippen LogP contribution in [0.5, 0.6) is 0 Å². The van der Waals surface area contributed by atoms with E-state index < -0.39 is 0 Å². The van der Waals surface area contributed by atoms with Crippen molar-refractivity contribution in [3.05, 3.63) is 48.9 Å². The van der Waals surface area contributed by atoms with Crippen LogP contribution in [-0.2, 0) is 6.42 Å². The third-order valence-electron chi connectivity index (χ3n) is 3.31. The molecule has 4 rings (SSSR count). The Bertz CT molecular complexity index is 859. The molecule has 0 amide bonds. The van der Waals surface area contributed by atoms with Gasteiger partial charge in [-0.25, -0.2) is 19.9 Å². The van der Waals surface area contributed by atoms with Crippen molar-refractivity contribution in [3.63, 3.8) is 0 Å². The maximum absolute atomic E-state index is 4.57. The first-order valence-corrected chi connectivity index (χ1v) is 6.71. The lowest BCUT2D eigenvalue weighted by molar-refractivity contribution is 0.969. The van der Waals surface area contributed by atoms with Gasteiger partial charge in [-0.05, 0) is 12.1 Å². The summed E-state index contributed by atoms with van der Waals surface area (Å²) in [6.07, 6.45) is 7.99. The van der Waals surface area contributed by atoms with Gasteiger partial charge in [-0.1, -0.05) is 6.07 Å². The number of fused-ring (bicyclic) bond motifs is 2. The van der Waals surface area contributed by atoms with E-state index in [0.29, 0.717) is 5.65 Å². The van der Waals surface area contributed by atoms with Crippen molar-refractivity contribution in [2.75, 3.05) is 11.9 Å². The number of aromatic amines is 1. The molecule has 0 spiro atoms. The number of nitrogens with zero attached hydrogens (tertiary/aromatic N) is 5. The SMILES string of the molecule is c1ccn2cc(CCNc3ncnc4nc[nH]c34)nc2c1. The normalized spacial score (nSPS) is 11.2. The van der Waals surface area contributed by atoms with Crippen molar-refractivity contribution in [3.8, 4) is 0 Å². The third-order valence-corrected chi connectivity index (χ3v) is 3.31. The lowest BCUT2D eigenvalue weighted by atomic mass is 10.3. The number of pyridine rings is 1. The highest BCUT2D eigenvalue weighted by Gasteiger charge is 2.05. The number of hydrogen-bond donors (Lipinski definition) is 2. The molecule has 0 aliphatic rings. The summed E-state index contributed by atoms with van der Waals surface area (Å²) in [6.45, 7) is 0.745. The summed E-state index contributed by atoms with van der Waals surface area (Å²) in [5.41, 5.74) is 3.50. The van der Waals surface area contributed by atoms with Crippen LogP contribution in [0.15, 0.2) is 43.2 Å². The van der Waals surface area contributed by atoms with E-state index >= 15 is 0 Å². The molecule has 0 atom stereocenters. The molecule has 0 bridgehead atoms.